The Hall–Kier alpha value is -1.46. The summed E-state index contributed by atoms with van der Waals surface area (Å²) in [6, 6.07) is 4.50. The minimum atomic E-state index is -0.451. The summed E-state index contributed by atoms with van der Waals surface area (Å²) in [6.45, 7) is 4.80. The van der Waals surface area contributed by atoms with Crippen molar-refractivity contribution in [2.75, 3.05) is 0 Å². The highest BCUT2D eigenvalue weighted by Gasteiger charge is 2.10. The first-order valence-electron chi connectivity index (χ1n) is 5.73. The van der Waals surface area contributed by atoms with Gasteiger partial charge in [-0.2, -0.15) is 0 Å². The molecule has 96 valence electrons. The molecule has 5 heteroatoms. The maximum atomic E-state index is 13.7. The van der Waals surface area contributed by atoms with Crippen molar-refractivity contribution in [2.24, 2.45) is 0 Å². The van der Waals surface area contributed by atoms with Crippen LogP contribution < -0.4 is 5.32 Å². The number of nitrogens with zero attached hydrogens (tertiary/aromatic N) is 1. The highest BCUT2D eigenvalue weighted by molar-refractivity contribution is 7.13. The first-order valence-corrected chi connectivity index (χ1v) is 6.61. The van der Waals surface area contributed by atoms with Crippen LogP contribution in [0.2, 0.25) is 0 Å². The average Bonchev–Trinajstić information content (AvgIpc) is 2.75. The molecule has 1 heterocycles. The van der Waals surface area contributed by atoms with E-state index in [1.165, 1.54) is 17.4 Å². The zero-order chi connectivity index (χ0) is 13.1. The topological polar surface area (TPSA) is 45.1 Å². The lowest BCUT2D eigenvalue weighted by atomic mass is 10.2. The molecule has 1 aromatic carbocycles. The van der Waals surface area contributed by atoms with Crippen molar-refractivity contribution in [1.29, 1.82) is 0 Å². The molecule has 0 radical (unpaired) electrons. The standard InChI is InChI=1S/C13H15FN2OS/c1-8(2)15-6-9-7-18-13(16-9)11-4-3-10(17)5-12(11)14/h3-5,7-8,15,17H,6H2,1-2H3. The molecule has 0 saturated carbocycles. The average molecular weight is 266 g/mol. The Morgan fingerprint density at radius 3 is 2.89 bits per heavy atom. The largest absolute Gasteiger partial charge is 0.508 e. The van der Waals surface area contributed by atoms with Crippen LogP contribution in [0.5, 0.6) is 5.75 Å². The molecule has 2 aromatic rings. The highest BCUT2D eigenvalue weighted by atomic mass is 32.1. The van der Waals surface area contributed by atoms with E-state index in [0.717, 1.165) is 11.8 Å². The van der Waals surface area contributed by atoms with Gasteiger partial charge in [0, 0.05) is 29.6 Å². The Morgan fingerprint density at radius 2 is 2.22 bits per heavy atom. The molecule has 18 heavy (non-hydrogen) atoms. The minimum Gasteiger partial charge on any atom is -0.508 e. The van der Waals surface area contributed by atoms with E-state index in [1.807, 2.05) is 5.38 Å². The van der Waals surface area contributed by atoms with Gasteiger partial charge >= 0.3 is 0 Å². The van der Waals surface area contributed by atoms with Crippen molar-refractivity contribution in [3.8, 4) is 16.3 Å². The summed E-state index contributed by atoms with van der Waals surface area (Å²) in [5, 5.41) is 15.0. The molecule has 0 fully saturated rings. The maximum Gasteiger partial charge on any atom is 0.137 e. The van der Waals surface area contributed by atoms with Gasteiger partial charge in [0.05, 0.1) is 5.69 Å². The molecule has 0 spiro atoms. The Kier molecular flexibility index (Phi) is 3.93. The number of phenolic OH excluding ortho intramolecular Hbond substituents is 1. The molecular weight excluding hydrogens is 251 g/mol. The van der Waals surface area contributed by atoms with Crippen LogP contribution in [-0.2, 0) is 6.54 Å². The summed E-state index contributed by atoms with van der Waals surface area (Å²) in [6.07, 6.45) is 0. The lowest BCUT2D eigenvalue weighted by Crippen LogP contribution is -2.21. The van der Waals surface area contributed by atoms with E-state index in [4.69, 9.17) is 5.11 Å². The molecule has 0 saturated heterocycles. The second-order valence-electron chi connectivity index (χ2n) is 4.34. The number of rotatable bonds is 4. The Morgan fingerprint density at radius 1 is 1.44 bits per heavy atom. The molecule has 0 amide bonds. The van der Waals surface area contributed by atoms with E-state index in [-0.39, 0.29) is 5.75 Å². The lowest BCUT2D eigenvalue weighted by molar-refractivity contribution is 0.469. The van der Waals surface area contributed by atoms with Gasteiger partial charge < -0.3 is 10.4 Å². The van der Waals surface area contributed by atoms with Gasteiger partial charge in [-0.25, -0.2) is 9.37 Å². The summed E-state index contributed by atoms with van der Waals surface area (Å²) >= 11 is 1.40. The second kappa shape index (κ2) is 5.46. The number of benzene rings is 1. The molecule has 0 bridgehead atoms. The number of hydrogen-bond donors (Lipinski definition) is 2. The normalized spacial score (nSPS) is 11.1. The number of hydrogen-bond acceptors (Lipinski definition) is 4. The van der Waals surface area contributed by atoms with Crippen LogP contribution in [0.25, 0.3) is 10.6 Å². The first-order chi connectivity index (χ1) is 8.56. The van der Waals surface area contributed by atoms with Crippen molar-refractivity contribution in [3.05, 3.63) is 35.1 Å². The summed E-state index contributed by atoms with van der Waals surface area (Å²) < 4.78 is 13.7. The van der Waals surface area contributed by atoms with Gasteiger partial charge in [0.25, 0.3) is 0 Å². The maximum absolute atomic E-state index is 13.7. The molecule has 0 aliphatic heterocycles. The number of aromatic hydroxyl groups is 1. The van der Waals surface area contributed by atoms with Gasteiger partial charge in [-0.05, 0) is 12.1 Å². The van der Waals surface area contributed by atoms with Gasteiger partial charge in [0.2, 0.25) is 0 Å². The number of thiazole rings is 1. The third kappa shape index (κ3) is 3.05. The fourth-order valence-corrected chi connectivity index (χ4v) is 2.34. The lowest BCUT2D eigenvalue weighted by Gasteiger charge is -2.04. The van der Waals surface area contributed by atoms with E-state index in [0.29, 0.717) is 23.2 Å². The van der Waals surface area contributed by atoms with Gasteiger partial charge in [0.1, 0.15) is 16.6 Å². The molecule has 0 aliphatic rings. The number of phenols is 1. The number of aromatic nitrogens is 1. The third-order valence-electron chi connectivity index (χ3n) is 2.43. The van der Waals surface area contributed by atoms with Crippen LogP contribution in [0.15, 0.2) is 23.6 Å². The van der Waals surface area contributed by atoms with Crippen LogP contribution in [0.1, 0.15) is 19.5 Å². The Labute approximate surface area is 109 Å². The zero-order valence-electron chi connectivity index (χ0n) is 10.3. The SMILES string of the molecule is CC(C)NCc1csc(-c2ccc(O)cc2F)n1. The molecule has 0 unspecified atom stereocenters. The van der Waals surface area contributed by atoms with Gasteiger partial charge in [0.15, 0.2) is 0 Å². The van der Waals surface area contributed by atoms with E-state index >= 15 is 0 Å². The van der Waals surface area contributed by atoms with Crippen molar-refractivity contribution in [1.82, 2.24) is 10.3 Å². The zero-order valence-corrected chi connectivity index (χ0v) is 11.1. The van der Waals surface area contributed by atoms with Gasteiger partial charge in [-0.3, -0.25) is 0 Å². The van der Waals surface area contributed by atoms with Crippen LogP contribution in [-0.4, -0.2) is 16.1 Å². The van der Waals surface area contributed by atoms with E-state index in [9.17, 15) is 4.39 Å². The summed E-state index contributed by atoms with van der Waals surface area (Å²) in [5.41, 5.74) is 1.32. The van der Waals surface area contributed by atoms with Crippen molar-refractivity contribution >= 4 is 11.3 Å². The number of halogens is 1. The van der Waals surface area contributed by atoms with Gasteiger partial charge in [-0.15, -0.1) is 11.3 Å². The predicted octanol–water partition coefficient (Wildman–Crippen LogP) is 3.15. The quantitative estimate of drug-likeness (QED) is 0.893. The monoisotopic (exact) mass is 266 g/mol. The van der Waals surface area contributed by atoms with E-state index < -0.39 is 5.82 Å². The molecule has 0 atom stereocenters. The minimum absolute atomic E-state index is 0.0745. The summed E-state index contributed by atoms with van der Waals surface area (Å²) in [5.74, 6) is -0.526. The van der Waals surface area contributed by atoms with Crippen molar-refractivity contribution in [3.63, 3.8) is 0 Å². The fourth-order valence-electron chi connectivity index (χ4n) is 1.50. The molecule has 3 nitrogen and oxygen atoms in total. The highest BCUT2D eigenvalue weighted by Crippen LogP contribution is 2.28. The summed E-state index contributed by atoms with van der Waals surface area (Å²) in [4.78, 5) is 4.38. The van der Waals surface area contributed by atoms with Crippen LogP contribution in [0, 0.1) is 5.82 Å². The Bertz CT molecular complexity index is 540. The molecule has 0 aliphatic carbocycles. The van der Waals surface area contributed by atoms with Crippen LogP contribution in [0.4, 0.5) is 4.39 Å². The van der Waals surface area contributed by atoms with Crippen LogP contribution in [0.3, 0.4) is 0 Å². The van der Waals surface area contributed by atoms with Crippen molar-refractivity contribution in [2.45, 2.75) is 26.4 Å². The van der Waals surface area contributed by atoms with Gasteiger partial charge in [-0.1, -0.05) is 13.8 Å². The Balaban J connectivity index is 2.18. The fraction of sp³-hybridized carbons (Fsp3) is 0.308. The second-order valence-corrected chi connectivity index (χ2v) is 5.20. The molecule has 2 rings (SSSR count). The third-order valence-corrected chi connectivity index (χ3v) is 3.35. The predicted molar refractivity (Wildman–Crippen MR) is 71.1 cm³/mol. The first kappa shape index (κ1) is 13.0. The smallest absolute Gasteiger partial charge is 0.137 e. The molecule has 1 aromatic heterocycles. The molecule has 2 N–H and O–H groups in total. The van der Waals surface area contributed by atoms with Crippen LogP contribution >= 0.6 is 11.3 Å². The van der Waals surface area contributed by atoms with E-state index in [1.54, 1.807) is 6.07 Å². The number of nitrogens with one attached hydrogen (secondary N) is 1. The summed E-state index contributed by atoms with van der Waals surface area (Å²) in [7, 11) is 0. The van der Waals surface area contributed by atoms with Crippen molar-refractivity contribution < 1.29 is 9.50 Å². The van der Waals surface area contributed by atoms with E-state index in [2.05, 4.69) is 24.1 Å². The molecular formula is C13H15FN2OS.